The number of hydrogen-bond donors (Lipinski definition) is 0. The van der Waals surface area contributed by atoms with E-state index in [0.717, 1.165) is 89.9 Å². The smallest absolute Gasteiger partial charge is 0.306 e. The molecule has 0 rings (SSSR count). The van der Waals surface area contributed by atoms with Crippen LogP contribution < -0.4 is 0 Å². The van der Waals surface area contributed by atoms with Crippen molar-refractivity contribution in [2.24, 2.45) is 0 Å². The highest BCUT2D eigenvalue weighted by Crippen LogP contribution is 2.18. The molecule has 0 aliphatic heterocycles. The van der Waals surface area contributed by atoms with Crippen molar-refractivity contribution >= 4 is 17.9 Å². The van der Waals surface area contributed by atoms with Crippen molar-refractivity contribution in [3.8, 4) is 0 Å². The van der Waals surface area contributed by atoms with E-state index in [-0.39, 0.29) is 31.6 Å². The molecule has 434 valence electrons. The molecule has 0 N–H and O–H groups in total. The highest BCUT2D eigenvalue weighted by atomic mass is 16.6. The number of carbonyl (C=O) groups is 3. The second kappa shape index (κ2) is 63.4. The summed E-state index contributed by atoms with van der Waals surface area (Å²) in [5.74, 6) is -0.993. The number of rotatable bonds is 59. The van der Waals surface area contributed by atoms with E-state index in [2.05, 4.69) is 87.6 Å². The maximum absolute atomic E-state index is 12.8. The van der Waals surface area contributed by atoms with Gasteiger partial charge in [0.15, 0.2) is 6.10 Å². The van der Waals surface area contributed by atoms with Gasteiger partial charge in [0.1, 0.15) is 13.2 Å². The molecule has 75 heavy (non-hydrogen) atoms. The summed E-state index contributed by atoms with van der Waals surface area (Å²) in [6.07, 6.45) is 82.9. The number of unbranched alkanes of at least 4 members (excludes halogenated alkanes) is 36. The van der Waals surface area contributed by atoms with Crippen LogP contribution in [0.15, 0.2) is 72.9 Å². The van der Waals surface area contributed by atoms with Gasteiger partial charge in [0.05, 0.1) is 0 Å². The number of ether oxygens (including phenoxy) is 3. The van der Waals surface area contributed by atoms with Gasteiger partial charge in [-0.15, -0.1) is 0 Å². The van der Waals surface area contributed by atoms with Gasteiger partial charge in [-0.05, 0) is 57.8 Å². The van der Waals surface area contributed by atoms with Gasteiger partial charge < -0.3 is 14.2 Å². The van der Waals surface area contributed by atoms with Crippen LogP contribution in [0.3, 0.4) is 0 Å². The van der Waals surface area contributed by atoms with Gasteiger partial charge in [0.2, 0.25) is 0 Å². The van der Waals surface area contributed by atoms with Crippen LogP contribution in [0.25, 0.3) is 0 Å². The molecule has 1 unspecified atom stereocenters. The van der Waals surface area contributed by atoms with Crippen molar-refractivity contribution < 1.29 is 28.6 Å². The van der Waals surface area contributed by atoms with E-state index < -0.39 is 12.1 Å². The van der Waals surface area contributed by atoms with Crippen LogP contribution >= 0.6 is 0 Å². The van der Waals surface area contributed by atoms with Gasteiger partial charge in [-0.3, -0.25) is 14.4 Å². The van der Waals surface area contributed by atoms with Crippen molar-refractivity contribution in [3.05, 3.63) is 72.9 Å². The summed E-state index contributed by atoms with van der Waals surface area (Å²) in [6, 6.07) is 0. The van der Waals surface area contributed by atoms with Crippen molar-refractivity contribution in [1.82, 2.24) is 0 Å². The predicted octanol–water partition coefficient (Wildman–Crippen LogP) is 22.1. The zero-order valence-corrected chi connectivity index (χ0v) is 49.8. The SMILES string of the molecule is CC/C=C\C/C=C\C/C=C\C/C=C\C/C=C\C/C=C\CCC(=O)OC(COC(=O)CCCCCCC)COC(=O)CCCCCCCCCCCCCCCCCCCCCCCCCCCCCCCCCCC. The Morgan fingerprint density at radius 1 is 0.280 bits per heavy atom. The first kappa shape index (κ1) is 71.8. The van der Waals surface area contributed by atoms with Gasteiger partial charge in [-0.1, -0.05) is 325 Å². The number of allylic oxidation sites excluding steroid dienone is 12. The maximum Gasteiger partial charge on any atom is 0.306 e. The molecule has 0 amide bonds. The minimum absolute atomic E-state index is 0.103. The lowest BCUT2D eigenvalue weighted by Crippen LogP contribution is -2.30. The van der Waals surface area contributed by atoms with Crippen molar-refractivity contribution in [2.75, 3.05) is 13.2 Å². The molecule has 0 aromatic heterocycles. The lowest BCUT2D eigenvalue weighted by atomic mass is 10.0. The van der Waals surface area contributed by atoms with E-state index in [1.54, 1.807) is 0 Å². The van der Waals surface area contributed by atoms with Crippen LogP contribution in [0, 0.1) is 0 Å². The third-order valence-corrected chi connectivity index (χ3v) is 14.2. The van der Waals surface area contributed by atoms with Gasteiger partial charge in [0, 0.05) is 19.3 Å². The summed E-state index contributed by atoms with van der Waals surface area (Å²) >= 11 is 0. The molecule has 6 heteroatoms. The van der Waals surface area contributed by atoms with E-state index >= 15 is 0 Å². The van der Waals surface area contributed by atoms with Crippen LogP contribution in [0.4, 0.5) is 0 Å². The Bertz CT molecular complexity index is 1390. The van der Waals surface area contributed by atoms with Crippen LogP contribution in [0.5, 0.6) is 0 Å². The molecule has 0 heterocycles. The third kappa shape index (κ3) is 61.6. The molecule has 6 nitrogen and oxygen atoms in total. The number of hydrogen-bond acceptors (Lipinski definition) is 6. The van der Waals surface area contributed by atoms with Gasteiger partial charge in [-0.25, -0.2) is 0 Å². The van der Waals surface area contributed by atoms with Gasteiger partial charge in [-0.2, -0.15) is 0 Å². The first-order valence-corrected chi connectivity index (χ1v) is 32.4. The standard InChI is InChI=1S/C69H122O6/c1-4-7-10-13-15-17-19-21-23-25-27-28-29-30-31-32-33-34-35-36-37-38-39-40-42-43-45-47-49-51-53-56-59-62-68(71)74-65-66(64-73-67(70)61-58-55-12-9-6-3)75-69(72)63-60-57-54-52-50-48-46-44-41-26-24-22-20-18-16-14-11-8-5-2/h8,11,16,18,22,24,41,44,48,50,54,57,66H,4-7,9-10,12-15,17,19-21,23,25-40,42-43,45-47,49,51-53,55-56,58-65H2,1-3H3/b11-8-,18-16-,24-22-,44-41-,50-48-,57-54-. The predicted molar refractivity (Wildman–Crippen MR) is 325 cm³/mol. The van der Waals surface area contributed by atoms with E-state index in [4.69, 9.17) is 14.2 Å². The zero-order valence-electron chi connectivity index (χ0n) is 49.8. The Morgan fingerprint density at radius 2 is 0.520 bits per heavy atom. The van der Waals surface area contributed by atoms with E-state index in [0.29, 0.717) is 19.3 Å². The molecule has 0 saturated heterocycles. The zero-order chi connectivity index (χ0) is 54.3. The Kier molecular flexibility index (Phi) is 60.7. The topological polar surface area (TPSA) is 78.9 Å². The summed E-state index contributed by atoms with van der Waals surface area (Å²) in [5, 5.41) is 0. The average molecular weight is 1050 g/mol. The highest BCUT2D eigenvalue weighted by molar-refractivity contribution is 5.71. The summed E-state index contributed by atoms with van der Waals surface area (Å²) in [7, 11) is 0. The Balaban J connectivity index is 3.97. The Hall–Kier alpha value is -3.15. The normalized spacial score (nSPS) is 12.5. The van der Waals surface area contributed by atoms with Crippen LogP contribution in [-0.2, 0) is 28.6 Å². The van der Waals surface area contributed by atoms with Crippen molar-refractivity contribution in [3.63, 3.8) is 0 Å². The summed E-state index contributed by atoms with van der Waals surface area (Å²) in [6.45, 7) is 6.41. The van der Waals surface area contributed by atoms with Crippen molar-refractivity contribution in [2.45, 2.75) is 335 Å². The van der Waals surface area contributed by atoms with Gasteiger partial charge in [0.25, 0.3) is 0 Å². The second-order valence-corrected chi connectivity index (χ2v) is 21.7. The number of esters is 3. The molecule has 1 atom stereocenters. The molecule has 0 aliphatic carbocycles. The van der Waals surface area contributed by atoms with Crippen LogP contribution in [-0.4, -0.2) is 37.2 Å². The highest BCUT2D eigenvalue weighted by Gasteiger charge is 2.19. The molecule has 0 saturated carbocycles. The third-order valence-electron chi connectivity index (χ3n) is 14.2. The fourth-order valence-corrected chi connectivity index (χ4v) is 9.41. The molecule has 0 radical (unpaired) electrons. The molecule has 0 spiro atoms. The average Bonchev–Trinajstić information content (AvgIpc) is 3.41. The monoisotopic (exact) mass is 1050 g/mol. The quantitative estimate of drug-likeness (QED) is 0.0261. The molecule has 0 aromatic carbocycles. The summed E-state index contributed by atoms with van der Waals surface area (Å²) < 4.78 is 16.7. The Morgan fingerprint density at radius 3 is 0.787 bits per heavy atom. The van der Waals surface area contributed by atoms with E-state index in [1.807, 2.05) is 6.08 Å². The van der Waals surface area contributed by atoms with Gasteiger partial charge >= 0.3 is 17.9 Å². The fourth-order valence-electron chi connectivity index (χ4n) is 9.41. The first-order valence-electron chi connectivity index (χ1n) is 32.4. The largest absolute Gasteiger partial charge is 0.462 e. The molecular formula is C69H122O6. The summed E-state index contributed by atoms with van der Waals surface area (Å²) in [4.78, 5) is 37.8. The Labute approximate surface area is 465 Å². The first-order chi connectivity index (χ1) is 37.0. The molecule has 0 aromatic rings. The second-order valence-electron chi connectivity index (χ2n) is 21.7. The van der Waals surface area contributed by atoms with Crippen molar-refractivity contribution in [1.29, 1.82) is 0 Å². The van der Waals surface area contributed by atoms with Crippen LogP contribution in [0.1, 0.15) is 329 Å². The molecule has 0 fully saturated rings. The molecule has 0 bridgehead atoms. The summed E-state index contributed by atoms with van der Waals surface area (Å²) in [5.41, 5.74) is 0. The molecule has 0 aliphatic rings. The lowest BCUT2D eigenvalue weighted by Gasteiger charge is -2.18. The minimum atomic E-state index is -0.811. The minimum Gasteiger partial charge on any atom is -0.462 e. The van der Waals surface area contributed by atoms with E-state index in [1.165, 1.54) is 193 Å². The van der Waals surface area contributed by atoms with Crippen LogP contribution in [0.2, 0.25) is 0 Å². The number of carbonyl (C=O) groups excluding carboxylic acids is 3. The van der Waals surface area contributed by atoms with E-state index in [9.17, 15) is 14.4 Å². The maximum atomic E-state index is 12.8. The fraction of sp³-hybridized carbons (Fsp3) is 0.783. The lowest BCUT2D eigenvalue weighted by molar-refractivity contribution is -0.166. The molecular weight excluding hydrogens is 925 g/mol.